The normalized spacial score (nSPS) is 11.7. The highest BCUT2D eigenvalue weighted by atomic mass is 32.1. The number of thiophene rings is 1. The molecule has 0 fully saturated rings. The summed E-state index contributed by atoms with van der Waals surface area (Å²) in [7, 11) is 0. The summed E-state index contributed by atoms with van der Waals surface area (Å²) in [6, 6.07) is 4.05. The molecule has 0 aliphatic rings. The van der Waals surface area contributed by atoms with E-state index in [0.717, 1.165) is 11.3 Å². The first-order chi connectivity index (χ1) is 5.40. The molecule has 0 atom stereocenters. The highest BCUT2D eigenvalue weighted by Crippen LogP contribution is 2.24. The first-order valence-electron chi connectivity index (χ1n) is 3.50. The maximum Gasteiger partial charge on any atom is 0.145 e. The zero-order chi connectivity index (χ0) is 7.68. The molecule has 0 bridgehead atoms. The average Bonchev–Trinajstić information content (AvgIpc) is 2.46. The Balaban J connectivity index is 2.58. The van der Waals surface area contributed by atoms with Crippen LogP contribution in [-0.4, -0.2) is 0 Å². The molecule has 11 heavy (non-hydrogen) atoms. The van der Waals surface area contributed by atoms with Crippen LogP contribution in [-0.2, 0) is 0 Å². The molecule has 0 unspecified atom stereocenters. The van der Waals surface area contributed by atoms with Crippen LogP contribution in [0.25, 0.3) is 16.4 Å². The summed E-state index contributed by atoms with van der Waals surface area (Å²) < 4.78 is 6.69. The zero-order valence-electron chi connectivity index (χ0n) is 6.20. The molecule has 56 valence electrons. The molecule has 0 saturated carbocycles. The van der Waals surface area contributed by atoms with Crippen molar-refractivity contribution in [1.29, 1.82) is 0 Å². The number of hydrogen-bond donors (Lipinski definition) is 0. The van der Waals surface area contributed by atoms with Crippen molar-refractivity contribution in [3.05, 3.63) is 29.3 Å². The number of fused-ring (bicyclic) bond motifs is 1. The van der Waals surface area contributed by atoms with Gasteiger partial charge in [0.05, 0.1) is 4.70 Å². The largest absolute Gasteiger partial charge is 0.456 e. The fraction of sp³-hybridized carbons (Fsp3) is 0.111. The molecule has 2 aromatic heterocycles. The number of furan rings is 1. The van der Waals surface area contributed by atoms with Crippen molar-refractivity contribution in [1.82, 2.24) is 0 Å². The third kappa shape index (κ3) is 1.10. The maximum absolute atomic E-state index is 5.47. The SMILES string of the molecule is CC=Cc1cc2sccc2o1. The molecule has 0 N–H and O–H groups in total. The Morgan fingerprint density at radius 2 is 2.45 bits per heavy atom. The lowest BCUT2D eigenvalue weighted by Gasteiger charge is -1.78. The number of hydrogen-bond acceptors (Lipinski definition) is 2. The molecule has 2 heterocycles. The molecule has 0 radical (unpaired) electrons. The van der Waals surface area contributed by atoms with Crippen LogP contribution < -0.4 is 0 Å². The third-order valence-electron chi connectivity index (χ3n) is 1.49. The summed E-state index contributed by atoms with van der Waals surface area (Å²) in [6.45, 7) is 1.98. The van der Waals surface area contributed by atoms with Crippen molar-refractivity contribution in [3.8, 4) is 0 Å². The lowest BCUT2D eigenvalue weighted by Crippen LogP contribution is -1.55. The van der Waals surface area contributed by atoms with Gasteiger partial charge in [0.2, 0.25) is 0 Å². The Hall–Kier alpha value is -1.02. The van der Waals surface area contributed by atoms with Gasteiger partial charge in [0.1, 0.15) is 11.3 Å². The van der Waals surface area contributed by atoms with Gasteiger partial charge in [-0.05, 0) is 24.4 Å². The summed E-state index contributed by atoms with van der Waals surface area (Å²) in [5.41, 5.74) is 0.989. The fourth-order valence-electron chi connectivity index (χ4n) is 1.03. The van der Waals surface area contributed by atoms with E-state index in [0.29, 0.717) is 0 Å². The van der Waals surface area contributed by atoms with Gasteiger partial charge >= 0.3 is 0 Å². The Kier molecular flexibility index (Phi) is 1.55. The van der Waals surface area contributed by atoms with E-state index in [-0.39, 0.29) is 0 Å². The molecule has 1 nitrogen and oxygen atoms in total. The summed E-state index contributed by atoms with van der Waals surface area (Å²) in [5, 5.41) is 2.04. The van der Waals surface area contributed by atoms with Crippen LogP contribution in [0.1, 0.15) is 12.7 Å². The number of allylic oxidation sites excluding steroid dienone is 1. The Labute approximate surface area is 69.0 Å². The minimum absolute atomic E-state index is 0.939. The predicted octanol–water partition coefficient (Wildman–Crippen LogP) is 3.53. The van der Waals surface area contributed by atoms with Crippen molar-refractivity contribution in [2.45, 2.75) is 6.92 Å². The van der Waals surface area contributed by atoms with Crippen LogP contribution in [0.3, 0.4) is 0 Å². The average molecular weight is 164 g/mol. The van der Waals surface area contributed by atoms with Crippen molar-refractivity contribution in [2.75, 3.05) is 0 Å². The summed E-state index contributed by atoms with van der Waals surface area (Å²) >= 11 is 1.71. The lowest BCUT2D eigenvalue weighted by molar-refractivity contribution is 0.605. The Morgan fingerprint density at radius 1 is 1.55 bits per heavy atom. The maximum atomic E-state index is 5.47. The monoisotopic (exact) mass is 164 g/mol. The quantitative estimate of drug-likeness (QED) is 0.628. The molecular weight excluding hydrogens is 156 g/mol. The second-order valence-corrected chi connectivity index (χ2v) is 3.25. The van der Waals surface area contributed by atoms with Gasteiger partial charge in [-0.25, -0.2) is 0 Å². The molecular formula is C9H8OS. The minimum Gasteiger partial charge on any atom is -0.456 e. The molecule has 0 amide bonds. The Bertz CT molecular complexity index is 352. The highest BCUT2D eigenvalue weighted by Gasteiger charge is 1.99. The molecule has 0 aliphatic heterocycles. The highest BCUT2D eigenvalue weighted by molar-refractivity contribution is 7.17. The first-order valence-corrected chi connectivity index (χ1v) is 4.38. The van der Waals surface area contributed by atoms with Gasteiger partial charge in [0.25, 0.3) is 0 Å². The first kappa shape index (κ1) is 6.68. The van der Waals surface area contributed by atoms with Crippen LogP contribution in [0.15, 0.2) is 28.0 Å². The molecule has 2 heteroatoms. The zero-order valence-corrected chi connectivity index (χ0v) is 7.02. The van der Waals surface area contributed by atoms with Crippen LogP contribution in [0.5, 0.6) is 0 Å². The van der Waals surface area contributed by atoms with Gasteiger partial charge in [0, 0.05) is 6.07 Å². The van der Waals surface area contributed by atoms with E-state index in [9.17, 15) is 0 Å². The molecule has 0 saturated heterocycles. The summed E-state index contributed by atoms with van der Waals surface area (Å²) in [5.74, 6) is 0.939. The van der Waals surface area contributed by atoms with Crippen LogP contribution in [0, 0.1) is 0 Å². The minimum atomic E-state index is 0.939. The van der Waals surface area contributed by atoms with E-state index in [1.165, 1.54) is 4.70 Å². The second kappa shape index (κ2) is 2.55. The van der Waals surface area contributed by atoms with E-state index < -0.39 is 0 Å². The lowest BCUT2D eigenvalue weighted by atomic mass is 10.4. The van der Waals surface area contributed by atoms with Crippen molar-refractivity contribution < 1.29 is 4.42 Å². The standard InChI is InChI=1S/C9H8OS/c1-2-3-7-6-9-8(10-7)4-5-11-9/h2-6H,1H3. The topological polar surface area (TPSA) is 13.1 Å². The molecule has 2 aromatic rings. The van der Waals surface area contributed by atoms with Crippen molar-refractivity contribution in [3.63, 3.8) is 0 Å². The predicted molar refractivity (Wildman–Crippen MR) is 48.8 cm³/mol. The third-order valence-corrected chi connectivity index (χ3v) is 2.33. The van der Waals surface area contributed by atoms with Crippen LogP contribution in [0.2, 0.25) is 0 Å². The van der Waals surface area contributed by atoms with Crippen molar-refractivity contribution in [2.24, 2.45) is 0 Å². The van der Waals surface area contributed by atoms with Gasteiger partial charge < -0.3 is 4.42 Å². The summed E-state index contributed by atoms with van der Waals surface area (Å²) in [6.07, 6.45) is 3.94. The van der Waals surface area contributed by atoms with Crippen molar-refractivity contribution >= 4 is 27.7 Å². The molecule has 2 rings (SSSR count). The van der Waals surface area contributed by atoms with E-state index in [4.69, 9.17) is 4.42 Å². The number of rotatable bonds is 1. The van der Waals surface area contributed by atoms with E-state index in [1.807, 2.05) is 30.5 Å². The fourth-order valence-corrected chi connectivity index (χ4v) is 1.78. The van der Waals surface area contributed by atoms with Gasteiger partial charge in [-0.1, -0.05) is 6.08 Å². The molecule has 0 spiro atoms. The van der Waals surface area contributed by atoms with Gasteiger partial charge in [-0.2, -0.15) is 0 Å². The Morgan fingerprint density at radius 3 is 3.18 bits per heavy atom. The van der Waals surface area contributed by atoms with E-state index in [1.54, 1.807) is 11.3 Å². The molecule has 0 aliphatic carbocycles. The van der Waals surface area contributed by atoms with E-state index in [2.05, 4.69) is 6.07 Å². The van der Waals surface area contributed by atoms with Gasteiger partial charge in [-0.3, -0.25) is 0 Å². The van der Waals surface area contributed by atoms with Gasteiger partial charge in [-0.15, -0.1) is 11.3 Å². The van der Waals surface area contributed by atoms with E-state index >= 15 is 0 Å². The molecule has 0 aromatic carbocycles. The smallest absolute Gasteiger partial charge is 0.145 e. The van der Waals surface area contributed by atoms with Gasteiger partial charge in [0.15, 0.2) is 0 Å². The summed E-state index contributed by atoms with van der Waals surface area (Å²) in [4.78, 5) is 0. The van der Waals surface area contributed by atoms with Crippen LogP contribution in [0.4, 0.5) is 0 Å². The second-order valence-electron chi connectivity index (χ2n) is 2.30. The van der Waals surface area contributed by atoms with Crippen LogP contribution >= 0.6 is 11.3 Å².